The second kappa shape index (κ2) is 5.53. The van der Waals surface area contributed by atoms with E-state index < -0.39 is 0 Å². The van der Waals surface area contributed by atoms with Gasteiger partial charge in [-0.05, 0) is 31.2 Å². The van der Waals surface area contributed by atoms with E-state index in [0.29, 0.717) is 0 Å². The van der Waals surface area contributed by atoms with E-state index in [1.165, 1.54) is 0 Å². The third kappa shape index (κ3) is 2.67. The maximum Gasteiger partial charge on any atom is 0.0943 e. The molecule has 0 spiro atoms. The molecule has 0 saturated heterocycles. The number of aryl methyl sites for hydroxylation is 1. The molecule has 0 unspecified atom stereocenters. The van der Waals surface area contributed by atoms with Crippen LogP contribution in [0.25, 0.3) is 0 Å². The van der Waals surface area contributed by atoms with Gasteiger partial charge in [0.05, 0.1) is 17.1 Å². The molecule has 0 fully saturated rings. The fourth-order valence-corrected chi connectivity index (χ4v) is 2.07. The third-order valence-corrected chi connectivity index (χ3v) is 3.04. The van der Waals surface area contributed by atoms with E-state index in [4.69, 9.17) is 4.99 Å². The van der Waals surface area contributed by atoms with Crippen molar-refractivity contribution in [1.29, 1.82) is 0 Å². The van der Waals surface area contributed by atoms with Crippen LogP contribution < -0.4 is 0 Å². The van der Waals surface area contributed by atoms with Crippen LogP contribution in [0.3, 0.4) is 0 Å². The van der Waals surface area contributed by atoms with Gasteiger partial charge >= 0.3 is 0 Å². The maximum atomic E-state index is 4.76. The lowest BCUT2D eigenvalue weighted by molar-refractivity contribution is 1.24. The van der Waals surface area contributed by atoms with Gasteiger partial charge in [0.25, 0.3) is 0 Å². The van der Waals surface area contributed by atoms with Crippen molar-refractivity contribution in [3.05, 3.63) is 83.9 Å². The molecule has 20 heavy (non-hydrogen) atoms. The minimum atomic E-state index is 0.895. The summed E-state index contributed by atoms with van der Waals surface area (Å²) in [6, 6.07) is 18.1. The van der Waals surface area contributed by atoms with Crippen LogP contribution in [-0.2, 0) is 0 Å². The Morgan fingerprint density at radius 2 is 1.70 bits per heavy atom. The van der Waals surface area contributed by atoms with Crippen LogP contribution in [0.5, 0.6) is 0 Å². The standard InChI is InChI=1S/C17H15N3/c1-13-7-8-16(19-13)17(14-5-3-2-4-6-14)20-15-9-11-18-12-10-15/h2-12,19H,1H3. The largest absolute Gasteiger partial charge is 0.357 e. The molecule has 0 bridgehead atoms. The summed E-state index contributed by atoms with van der Waals surface area (Å²) >= 11 is 0. The zero-order valence-corrected chi connectivity index (χ0v) is 11.2. The molecular formula is C17H15N3. The molecule has 0 aliphatic rings. The Morgan fingerprint density at radius 3 is 2.35 bits per heavy atom. The lowest BCUT2D eigenvalue weighted by Crippen LogP contribution is -2.03. The first kappa shape index (κ1) is 12.4. The quantitative estimate of drug-likeness (QED) is 0.714. The van der Waals surface area contributed by atoms with E-state index in [2.05, 4.69) is 34.2 Å². The van der Waals surface area contributed by atoms with Crippen LogP contribution in [0, 0.1) is 6.92 Å². The average molecular weight is 261 g/mol. The highest BCUT2D eigenvalue weighted by Gasteiger charge is 2.08. The van der Waals surface area contributed by atoms with E-state index in [0.717, 1.165) is 28.4 Å². The molecule has 1 N–H and O–H groups in total. The van der Waals surface area contributed by atoms with Crippen molar-refractivity contribution in [2.24, 2.45) is 4.99 Å². The van der Waals surface area contributed by atoms with Crippen molar-refractivity contribution in [2.45, 2.75) is 6.92 Å². The zero-order valence-electron chi connectivity index (χ0n) is 11.2. The molecule has 0 atom stereocenters. The molecule has 3 rings (SSSR count). The van der Waals surface area contributed by atoms with Crippen molar-refractivity contribution in [2.75, 3.05) is 0 Å². The van der Waals surface area contributed by atoms with Crippen LogP contribution in [0.1, 0.15) is 17.0 Å². The lowest BCUT2D eigenvalue weighted by atomic mass is 10.1. The Bertz CT molecular complexity index is 712. The predicted molar refractivity (Wildman–Crippen MR) is 81.5 cm³/mol. The minimum Gasteiger partial charge on any atom is -0.357 e. The number of aromatic amines is 1. The number of H-pyrrole nitrogens is 1. The number of hydrogen-bond acceptors (Lipinski definition) is 2. The molecule has 3 nitrogen and oxygen atoms in total. The van der Waals surface area contributed by atoms with Gasteiger partial charge in [0.2, 0.25) is 0 Å². The molecule has 0 saturated carbocycles. The summed E-state index contributed by atoms with van der Waals surface area (Å²) in [5.41, 5.74) is 5.06. The highest BCUT2D eigenvalue weighted by atomic mass is 14.8. The molecule has 3 aromatic rings. The molecule has 0 radical (unpaired) electrons. The maximum absolute atomic E-state index is 4.76. The van der Waals surface area contributed by atoms with Gasteiger partial charge < -0.3 is 4.98 Å². The normalized spacial score (nSPS) is 11.6. The summed E-state index contributed by atoms with van der Waals surface area (Å²) in [6.07, 6.45) is 3.50. The van der Waals surface area contributed by atoms with Crippen LogP contribution in [0.15, 0.2) is 72.0 Å². The van der Waals surface area contributed by atoms with Crippen LogP contribution >= 0.6 is 0 Å². The minimum absolute atomic E-state index is 0.895. The molecule has 0 aliphatic heterocycles. The number of rotatable bonds is 3. The first-order valence-corrected chi connectivity index (χ1v) is 6.53. The Labute approximate surface area is 118 Å². The first-order chi connectivity index (χ1) is 9.83. The van der Waals surface area contributed by atoms with Crippen LogP contribution in [-0.4, -0.2) is 15.7 Å². The number of nitrogens with zero attached hydrogens (tertiary/aromatic N) is 2. The summed E-state index contributed by atoms with van der Waals surface area (Å²) in [4.78, 5) is 12.1. The monoisotopic (exact) mass is 261 g/mol. The van der Waals surface area contributed by atoms with E-state index >= 15 is 0 Å². The zero-order chi connectivity index (χ0) is 13.8. The Morgan fingerprint density at radius 1 is 0.950 bits per heavy atom. The molecule has 2 aromatic heterocycles. The lowest BCUT2D eigenvalue weighted by Gasteiger charge is -2.05. The Kier molecular flexibility index (Phi) is 3.42. The number of pyridine rings is 1. The highest BCUT2D eigenvalue weighted by Crippen LogP contribution is 2.17. The van der Waals surface area contributed by atoms with Crippen LogP contribution in [0.2, 0.25) is 0 Å². The Balaban J connectivity index is 2.11. The van der Waals surface area contributed by atoms with E-state index in [9.17, 15) is 0 Å². The molecular weight excluding hydrogens is 246 g/mol. The first-order valence-electron chi connectivity index (χ1n) is 6.53. The van der Waals surface area contributed by atoms with E-state index in [-0.39, 0.29) is 0 Å². The van der Waals surface area contributed by atoms with E-state index in [1.807, 2.05) is 37.3 Å². The van der Waals surface area contributed by atoms with Crippen molar-refractivity contribution < 1.29 is 0 Å². The van der Waals surface area contributed by atoms with Crippen molar-refractivity contribution in [3.63, 3.8) is 0 Å². The molecule has 1 aromatic carbocycles. The summed E-state index contributed by atoms with van der Waals surface area (Å²) < 4.78 is 0. The highest BCUT2D eigenvalue weighted by molar-refractivity contribution is 6.12. The fraction of sp³-hybridized carbons (Fsp3) is 0.0588. The molecule has 0 amide bonds. The topological polar surface area (TPSA) is 41.0 Å². The average Bonchev–Trinajstić information content (AvgIpc) is 2.93. The van der Waals surface area contributed by atoms with Gasteiger partial charge in [-0.25, -0.2) is 4.99 Å². The summed E-state index contributed by atoms with van der Waals surface area (Å²) in [6.45, 7) is 2.04. The summed E-state index contributed by atoms with van der Waals surface area (Å²) in [5, 5.41) is 0. The molecule has 98 valence electrons. The summed E-state index contributed by atoms with van der Waals surface area (Å²) in [7, 11) is 0. The Hall–Kier alpha value is -2.68. The second-order valence-electron chi connectivity index (χ2n) is 4.59. The van der Waals surface area contributed by atoms with Crippen molar-refractivity contribution >= 4 is 11.4 Å². The van der Waals surface area contributed by atoms with Gasteiger partial charge in [-0.15, -0.1) is 0 Å². The van der Waals surface area contributed by atoms with Gasteiger partial charge in [-0.3, -0.25) is 4.98 Å². The van der Waals surface area contributed by atoms with Crippen molar-refractivity contribution in [1.82, 2.24) is 9.97 Å². The number of nitrogens with one attached hydrogen (secondary N) is 1. The molecule has 2 heterocycles. The van der Waals surface area contributed by atoms with Gasteiger partial charge in [0, 0.05) is 23.7 Å². The number of aliphatic imine (C=N–C) groups is 1. The smallest absolute Gasteiger partial charge is 0.0943 e. The SMILES string of the molecule is Cc1ccc(C(=Nc2ccncc2)c2ccccc2)[nH]1. The van der Waals surface area contributed by atoms with Gasteiger partial charge in [0.15, 0.2) is 0 Å². The summed E-state index contributed by atoms with van der Waals surface area (Å²) in [5.74, 6) is 0. The van der Waals surface area contributed by atoms with Gasteiger partial charge in [-0.1, -0.05) is 30.3 Å². The number of hydrogen-bond donors (Lipinski definition) is 1. The van der Waals surface area contributed by atoms with Gasteiger partial charge in [-0.2, -0.15) is 0 Å². The second-order valence-corrected chi connectivity index (χ2v) is 4.59. The fourth-order valence-electron chi connectivity index (χ4n) is 2.07. The van der Waals surface area contributed by atoms with Crippen molar-refractivity contribution in [3.8, 4) is 0 Å². The molecule has 3 heteroatoms. The van der Waals surface area contributed by atoms with E-state index in [1.54, 1.807) is 12.4 Å². The number of benzene rings is 1. The predicted octanol–water partition coefficient (Wildman–Crippen LogP) is 3.89. The number of aromatic nitrogens is 2. The molecule has 0 aliphatic carbocycles. The van der Waals surface area contributed by atoms with Gasteiger partial charge in [0.1, 0.15) is 0 Å². The third-order valence-electron chi connectivity index (χ3n) is 3.04. The van der Waals surface area contributed by atoms with Crippen LogP contribution in [0.4, 0.5) is 5.69 Å².